The average Bonchev–Trinajstić information content (AvgIpc) is 3.19. The van der Waals surface area contributed by atoms with Gasteiger partial charge in [-0.25, -0.2) is 0 Å². The summed E-state index contributed by atoms with van der Waals surface area (Å²) in [6, 6.07) is 0. The van der Waals surface area contributed by atoms with Gasteiger partial charge in [0.2, 0.25) is 0 Å². The maximum Gasteiger partial charge on any atom is 0.192 e. The van der Waals surface area contributed by atoms with Crippen LogP contribution in [0.4, 0.5) is 0 Å². The Bertz CT molecular complexity index is 950. The summed E-state index contributed by atoms with van der Waals surface area (Å²) in [6.07, 6.45) is 20.0. The molecule has 4 aliphatic rings. The summed E-state index contributed by atoms with van der Waals surface area (Å²) in [7, 11) is -1.81. The fourth-order valence-corrected chi connectivity index (χ4v) is 11.7. The molecule has 0 N–H and O–H groups in total. The Kier molecular flexibility index (Phi) is 8.52. The second-order valence-corrected chi connectivity index (χ2v) is 20.9. The lowest BCUT2D eigenvalue weighted by atomic mass is 9.50. The molecule has 0 aromatic carbocycles. The molecule has 0 unspecified atom stereocenters. The summed E-state index contributed by atoms with van der Waals surface area (Å²) >= 11 is 0. The van der Waals surface area contributed by atoms with Gasteiger partial charge in [0.1, 0.15) is 0 Å². The molecular weight excluding hydrogens is 476 g/mol. The lowest BCUT2D eigenvalue weighted by Gasteiger charge is -2.56. The van der Waals surface area contributed by atoms with Crippen molar-refractivity contribution in [3.05, 3.63) is 35.5 Å². The number of hydrogen-bond acceptors (Lipinski definition) is 1. The highest BCUT2D eigenvalue weighted by Gasteiger charge is 2.57. The molecule has 0 aliphatic heterocycles. The van der Waals surface area contributed by atoms with Gasteiger partial charge in [0.15, 0.2) is 8.32 Å². The molecule has 38 heavy (non-hydrogen) atoms. The Balaban J connectivity index is 1.51. The first kappa shape index (κ1) is 30.4. The first-order chi connectivity index (χ1) is 17.5. The van der Waals surface area contributed by atoms with Gasteiger partial charge in [-0.05, 0) is 115 Å². The smallest absolute Gasteiger partial charge is 0.192 e. The van der Waals surface area contributed by atoms with Crippen LogP contribution in [0.25, 0.3) is 0 Å². The van der Waals surface area contributed by atoms with Crippen LogP contribution in [0.2, 0.25) is 18.1 Å². The van der Waals surface area contributed by atoms with Crippen molar-refractivity contribution in [1.82, 2.24) is 0 Å². The molecule has 0 amide bonds. The van der Waals surface area contributed by atoms with Gasteiger partial charge in [0.05, 0.1) is 0 Å². The Morgan fingerprint density at radius 1 is 0.895 bits per heavy atom. The standard InChI is InChI=1S/C36H62OSi/c1-24(2)26(5)13-14-27(6)31-17-18-32-30-16-15-28-23-29(37-38(11,12)34(7,8)25(3)4)19-21-35(28,9)33(30)20-22-36(31,32)10/h13-16,24-27,29,31-33H,17-23H2,1-12H3/b14-13+/t26-,27+,29-,31+,32-,33-,35-,36+/m0/s1. The zero-order chi connectivity index (χ0) is 28.3. The van der Waals surface area contributed by atoms with Gasteiger partial charge in [0.25, 0.3) is 0 Å². The highest BCUT2D eigenvalue weighted by molar-refractivity contribution is 6.74. The third kappa shape index (κ3) is 5.13. The molecule has 1 nitrogen and oxygen atoms in total. The predicted octanol–water partition coefficient (Wildman–Crippen LogP) is 11.0. The molecule has 0 heterocycles. The van der Waals surface area contributed by atoms with Crippen LogP contribution in [-0.2, 0) is 4.43 Å². The molecular formula is C36H62OSi. The minimum absolute atomic E-state index is 0.285. The molecule has 0 radical (unpaired) electrons. The lowest BCUT2D eigenvalue weighted by molar-refractivity contribution is 0.0400. The van der Waals surface area contributed by atoms with E-state index in [-0.39, 0.29) is 5.04 Å². The fourth-order valence-electron chi connectivity index (χ4n) is 8.94. The second kappa shape index (κ2) is 10.7. The summed E-state index contributed by atoms with van der Waals surface area (Å²) in [4.78, 5) is 0. The third-order valence-corrected chi connectivity index (χ3v) is 18.1. The molecule has 0 bridgehead atoms. The molecule has 8 atom stereocenters. The second-order valence-electron chi connectivity index (χ2n) is 16.3. The molecule has 216 valence electrons. The van der Waals surface area contributed by atoms with E-state index in [0.29, 0.717) is 34.7 Å². The van der Waals surface area contributed by atoms with E-state index in [2.05, 4.69) is 107 Å². The van der Waals surface area contributed by atoms with Crippen molar-refractivity contribution < 1.29 is 4.43 Å². The first-order valence-electron chi connectivity index (χ1n) is 16.3. The maximum absolute atomic E-state index is 7.09. The van der Waals surface area contributed by atoms with Gasteiger partial charge in [-0.2, -0.15) is 0 Å². The van der Waals surface area contributed by atoms with E-state index in [0.717, 1.165) is 30.1 Å². The maximum atomic E-state index is 7.09. The van der Waals surface area contributed by atoms with Crippen LogP contribution in [-0.4, -0.2) is 14.4 Å². The van der Waals surface area contributed by atoms with Gasteiger partial charge >= 0.3 is 0 Å². The van der Waals surface area contributed by atoms with Crippen LogP contribution in [0.15, 0.2) is 35.5 Å². The van der Waals surface area contributed by atoms with Crippen LogP contribution in [0, 0.1) is 52.3 Å². The van der Waals surface area contributed by atoms with Crippen molar-refractivity contribution in [2.75, 3.05) is 0 Å². The third-order valence-electron chi connectivity index (χ3n) is 13.5. The van der Waals surface area contributed by atoms with E-state index >= 15 is 0 Å². The normalized spacial score (nSPS) is 37.5. The Morgan fingerprint density at radius 2 is 1.58 bits per heavy atom. The van der Waals surface area contributed by atoms with E-state index in [9.17, 15) is 0 Å². The van der Waals surface area contributed by atoms with Crippen molar-refractivity contribution in [2.45, 2.75) is 138 Å². The zero-order valence-corrected chi connectivity index (χ0v) is 28.3. The van der Waals surface area contributed by atoms with E-state index in [1.165, 1.54) is 38.5 Å². The molecule has 0 spiro atoms. The SMILES string of the molecule is CC(C)[C@@H](C)/C=C/[C@@H](C)[C@H]1CC[C@H]2C3=CC=C4C[C@@H](O[Si](C)(C)C(C)(C)C(C)C)CC[C@]4(C)[C@H]3CC[C@]12C. The number of fused-ring (bicyclic) bond motifs is 5. The monoisotopic (exact) mass is 538 g/mol. The zero-order valence-electron chi connectivity index (χ0n) is 27.3. The van der Waals surface area contributed by atoms with E-state index in [1.807, 2.05) is 5.57 Å². The molecule has 3 fully saturated rings. The molecule has 2 heteroatoms. The van der Waals surface area contributed by atoms with Crippen LogP contribution >= 0.6 is 0 Å². The highest BCUT2D eigenvalue weighted by Crippen LogP contribution is 2.66. The molecule has 3 saturated carbocycles. The number of hydrogen-bond donors (Lipinski definition) is 0. The fraction of sp³-hybridized carbons (Fsp3) is 0.833. The summed E-state index contributed by atoms with van der Waals surface area (Å²) in [5.41, 5.74) is 4.34. The number of allylic oxidation sites excluding steroid dienone is 5. The van der Waals surface area contributed by atoms with Crippen molar-refractivity contribution in [3.63, 3.8) is 0 Å². The van der Waals surface area contributed by atoms with E-state index < -0.39 is 8.32 Å². The Labute approximate surface area is 238 Å². The van der Waals surface area contributed by atoms with Gasteiger partial charge in [-0.3, -0.25) is 0 Å². The summed E-state index contributed by atoms with van der Waals surface area (Å²) in [5.74, 6) is 5.10. The summed E-state index contributed by atoms with van der Waals surface area (Å²) < 4.78 is 7.09. The summed E-state index contributed by atoms with van der Waals surface area (Å²) in [5, 5.41) is 0.285. The van der Waals surface area contributed by atoms with Crippen molar-refractivity contribution in [3.8, 4) is 0 Å². The number of rotatable bonds is 8. The Hall–Kier alpha value is -0.603. The minimum atomic E-state index is -1.81. The van der Waals surface area contributed by atoms with Gasteiger partial charge < -0.3 is 4.43 Å². The van der Waals surface area contributed by atoms with Crippen molar-refractivity contribution in [2.24, 2.45) is 52.3 Å². The quantitative estimate of drug-likeness (QED) is 0.220. The molecule has 0 saturated heterocycles. The lowest BCUT2D eigenvalue weighted by Crippen LogP contribution is -2.50. The van der Waals surface area contributed by atoms with Gasteiger partial charge in [-0.1, -0.05) is 105 Å². The average molecular weight is 539 g/mol. The molecule has 0 aromatic rings. The molecule has 4 aliphatic carbocycles. The topological polar surface area (TPSA) is 9.23 Å². The highest BCUT2D eigenvalue weighted by atomic mass is 28.4. The first-order valence-corrected chi connectivity index (χ1v) is 19.2. The Morgan fingerprint density at radius 3 is 2.21 bits per heavy atom. The van der Waals surface area contributed by atoms with Crippen molar-refractivity contribution >= 4 is 8.32 Å². The van der Waals surface area contributed by atoms with Crippen LogP contribution < -0.4 is 0 Å². The van der Waals surface area contributed by atoms with E-state index in [1.54, 1.807) is 5.57 Å². The largest absolute Gasteiger partial charge is 0.414 e. The van der Waals surface area contributed by atoms with Crippen LogP contribution in [0.1, 0.15) is 114 Å². The predicted molar refractivity (Wildman–Crippen MR) is 169 cm³/mol. The minimum Gasteiger partial charge on any atom is -0.414 e. The van der Waals surface area contributed by atoms with Crippen LogP contribution in [0.5, 0.6) is 0 Å². The van der Waals surface area contributed by atoms with Gasteiger partial charge in [0, 0.05) is 6.10 Å². The summed E-state index contributed by atoms with van der Waals surface area (Å²) in [6.45, 7) is 29.4. The van der Waals surface area contributed by atoms with E-state index in [4.69, 9.17) is 4.43 Å². The van der Waals surface area contributed by atoms with Crippen molar-refractivity contribution in [1.29, 1.82) is 0 Å². The van der Waals surface area contributed by atoms with Crippen LogP contribution in [0.3, 0.4) is 0 Å². The molecule has 4 rings (SSSR count). The molecule has 0 aromatic heterocycles. The van der Waals surface area contributed by atoms with Gasteiger partial charge in [-0.15, -0.1) is 0 Å².